The molecule has 2 rings (SSSR count). The fourth-order valence-electron chi connectivity index (χ4n) is 1.51. The van der Waals surface area contributed by atoms with E-state index in [2.05, 4.69) is 0 Å². The second-order valence-corrected chi connectivity index (χ2v) is 3.65. The Kier molecular flexibility index (Phi) is 2.91. The van der Waals surface area contributed by atoms with Crippen molar-refractivity contribution in [1.29, 1.82) is 0 Å². The molecule has 0 fully saturated rings. The first kappa shape index (κ1) is 11.3. The maximum atomic E-state index is 13.4. The summed E-state index contributed by atoms with van der Waals surface area (Å²) >= 11 is 0. The van der Waals surface area contributed by atoms with Crippen LogP contribution in [0.4, 0.5) is 14.5 Å². The Morgan fingerprint density at radius 1 is 1.24 bits per heavy atom. The number of hydrogen-bond acceptors (Lipinski definition) is 2. The van der Waals surface area contributed by atoms with Crippen LogP contribution in [0.15, 0.2) is 41.5 Å². The molecule has 5 heteroatoms. The average Bonchev–Trinajstić information content (AvgIpc) is 2.30. The van der Waals surface area contributed by atoms with Gasteiger partial charge in [0.15, 0.2) is 11.6 Å². The second-order valence-electron chi connectivity index (χ2n) is 3.65. The molecule has 0 aliphatic rings. The summed E-state index contributed by atoms with van der Waals surface area (Å²) in [6.07, 6.45) is 2.87. The highest BCUT2D eigenvalue weighted by Crippen LogP contribution is 2.12. The molecule has 0 amide bonds. The van der Waals surface area contributed by atoms with E-state index in [0.29, 0.717) is 0 Å². The Morgan fingerprint density at radius 3 is 2.71 bits per heavy atom. The van der Waals surface area contributed by atoms with Gasteiger partial charge in [0, 0.05) is 24.0 Å². The van der Waals surface area contributed by atoms with Gasteiger partial charge in [-0.25, -0.2) is 8.78 Å². The highest BCUT2D eigenvalue weighted by molar-refractivity contribution is 5.34. The molecule has 0 spiro atoms. The van der Waals surface area contributed by atoms with E-state index in [1.165, 1.54) is 35.2 Å². The van der Waals surface area contributed by atoms with E-state index in [1.807, 2.05) is 0 Å². The predicted molar refractivity (Wildman–Crippen MR) is 60.6 cm³/mol. The molecular weight excluding hydrogens is 226 g/mol. The zero-order valence-corrected chi connectivity index (χ0v) is 8.86. The highest BCUT2D eigenvalue weighted by Gasteiger charge is 2.07. The van der Waals surface area contributed by atoms with Crippen molar-refractivity contribution in [1.82, 2.24) is 4.57 Å². The molecule has 3 nitrogen and oxygen atoms in total. The molecule has 2 N–H and O–H groups in total. The lowest BCUT2D eigenvalue weighted by molar-refractivity contribution is 0.495. The molecule has 0 unspecified atom stereocenters. The fourth-order valence-corrected chi connectivity index (χ4v) is 1.51. The minimum Gasteiger partial charge on any atom is -0.394 e. The first-order chi connectivity index (χ1) is 8.08. The Bertz CT molecular complexity index is 608. The Labute approximate surface area is 96.1 Å². The predicted octanol–water partition coefficient (Wildman–Crippen LogP) is 1.76. The SMILES string of the molecule is Nc1cn(Cc2cccc(F)c2F)ccc1=O. The molecule has 2 aromatic rings. The lowest BCUT2D eigenvalue weighted by Crippen LogP contribution is -2.12. The van der Waals surface area contributed by atoms with Gasteiger partial charge in [0.25, 0.3) is 0 Å². The number of rotatable bonds is 2. The number of halogens is 2. The van der Waals surface area contributed by atoms with Crippen molar-refractivity contribution in [3.8, 4) is 0 Å². The Morgan fingerprint density at radius 2 is 2.00 bits per heavy atom. The lowest BCUT2D eigenvalue weighted by atomic mass is 10.2. The monoisotopic (exact) mass is 236 g/mol. The van der Waals surface area contributed by atoms with Crippen LogP contribution in [0.1, 0.15) is 5.56 Å². The second kappa shape index (κ2) is 4.37. The van der Waals surface area contributed by atoms with Gasteiger partial charge in [-0.15, -0.1) is 0 Å². The van der Waals surface area contributed by atoms with Crippen molar-refractivity contribution < 1.29 is 8.78 Å². The number of nitrogens with zero attached hydrogens (tertiary/aromatic N) is 1. The standard InChI is InChI=1S/C12H10F2N2O/c13-9-3-1-2-8(12(9)14)6-16-5-4-11(17)10(15)7-16/h1-5,7H,6,15H2. The zero-order valence-electron chi connectivity index (χ0n) is 8.86. The molecule has 0 radical (unpaired) electrons. The summed E-state index contributed by atoms with van der Waals surface area (Å²) in [5, 5.41) is 0. The molecular formula is C12H10F2N2O. The van der Waals surface area contributed by atoms with Crippen LogP contribution < -0.4 is 11.2 Å². The number of benzene rings is 1. The molecule has 1 aromatic heterocycles. The largest absolute Gasteiger partial charge is 0.394 e. The van der Waals surface area contributed by atoms with Crippen LogP contribution in [0.2, 0.25) is 0 Å². The summed E-state index contributed by atoms with van der Waals surface area (Å²) in [7, 11) is 0. The van der Waals surface area contributed by atoms with Crippen LogP contribution in [-0.4, -0.2) is 4.57 Å². The third-order valence-corrected chi connectivity index (χ3v) is 2.39. The van der Waals surface area contributed by atoms with Gasteiger partial charge in [-0.3, -0.25) is 4.79 Å². The molecule has 17 heavy (non-hydrogen) atoms. The summed E-state index contributed by atoms with van der Waals surface area (Å²) in [5.74, 6) is -1.78. The number of pyridine rings is 1. The normalized spacial score (nSPS) is 10.5. The van der Waals surface area contributed by atoms with Gasteiger partial charge >= 0.3 is 0 Å². The molecule has 1 aromatic carbocycles. The summed E-state index contributed by atoms with van der Waals surface area (Å²) in [6.45, 7) is 0.119. The van der Waals surface area contributed by atoms with Crippen LogP contribution in [0.5, 0.6) is 0 Å². The fraction of sp³-hybridized carbons (Fsp3) is 0.0833. The first-order valence-electron chi connectivity index (χ1n) is 4.96. The zero-order chi connectivity index (χ0) is 12.4. The maximum Gasteiger partial charge on any atom is 0.204 e. The van der Waals surface area contributed by atoms with Gasteiger partial charge in [0.1, 0.15) is 0 Å². The molecule has 0 saturated heterocycles. The van der Waals surface area contributed by atoms with E-state index >= 15 is 0 Å². The van der Waals surface area contributed by atoms with Crippen molar-refractivity contribution in [3.63, 3.8) is 0 Å². The summed E-state index contributed by atoms with van der Waals surface area (Å²) in [6, 6.07) is 5.25. The van der Waals surface area contributed by atoms with Gasteiger partial charge in [0.2, 0.25) is 5.43 Å². The lowest BCUT2D eigenvalue weighted by Gasteiger charge is -2.08. The molecule has 88 valence electrons. The summed E-state index contributed by atoms with van der Waals surface area (Å²) in [5.41, 5.74) is 5.43. The van der Waals surface area contributed by atoms with E-state index < -0.39 is 11.6 Å². The van der Waals surface area contributed by atoms with Crippen molar-refractivity contribution in [2.75, 3.05) is 5.73 Å². The third kappa shape index (κ3) is 2.33. The van der Waals surface area contributed by atoms with E-state index in [4.69, 9.17) is 5.73 Å². The smallest absolute Gasteiger partial charge is 0.204 e. The quantitative estimate of drug-likeness (QED) is 0.863. The Balaban J connectivity index is 2.35. The maximum absolute atomic E-state index is 13.4. The van der Waals surface area contributed by atoms with Crippen LogP contribution >= 0.6 is 0 Å². The van der Waals surface area contributed by atoms with Gasteiger partial charge in [-0.05, 0) is 6.07 Å². The first-order valence-corrected chi connectivity index (χ1v) is 4.96. The summed E-state index contributed by atoms with van der Waals surface area (Å²) in [4.78, 5) is 11.1. The van der Waals surface area contributed by atoms with Crippen molar-refractivity contribution in [3.05, 3.63) is 64.1 Å². The molecule has 0 bridgehead atoms. The van der Waals surface area contributed by atoms with Gasteiger partial charge < -0.3 is 10.3 Å². The number of nitrogens with two attached hydrogens (primary N) is 1. The van der Waals surface area contributed by atoms with Crippen molar-refractivity contribution in [2.45, 2.75) is 6.54 Å². The number of nitrogen functional groups attached to an aromatic ring is 1. The number of hydrogen-bond donors (Lipinski definition) is 1. The molecule has 0 saturated carbocycles. The van der Waals surface area contributed by atoms with E-state index in [-0.39, 0.29) is 23.2 Å². The van der Waals surface area contributed by atoms with Crippen molar-refractivity contribution in [2.24, 2.45) is 0 Å². The minimum atomic E-state index is -0.892. The van der Waals surface area contributed by atoms with Gasteiger partial charge in [0.05, 0.1) is 12.2 Å². The molecule has 0 aliphatic heterocycles. The molecule has 0 atom stereocenters. The number of anilines is 1. The van der Waals surface area contributed by atoms with Crippen LogP contribution in [0.3, 0.4) is 0 Å². The van der Waals surface area contributed by atoms with Gasteiger partial charge in [-0.1, -0.05) is 12.1 Å². The minimum absolute atomic E-state index is 0.0734. The van der Waals surface area contributed by atoms with E-state index in [1.54, 1.807) is 0 Å². The summed E-state index contributed by atoms with van der Waals surface area (Å²) < 4.78 is 27.9. The topological polar surface area (TPSA) is 48.0 Å². The van der Waals surface area contributed by atoms with Gasteiger partial charge in [-0.2, -0.15) is 0 Å². The molecule has 1 heterocycles. The van der Waals surface area contributed by atoms with E-state index in [0.717, 1.165) is 6.07 Å². The molecule has 0 aliphatic carbocycles. The van der Waals surface area contributed by atoms with Crippen LogP contribution in [-0.2, 0) is 6.54 Å². The number of aromatic nitrogens is 1. The Hall–Kier alpha value is -2.17. The third-order valence-electron chi connectivity index (χ3n) is 2.39. The van der Waals surface area contributed by atoms with Crippen LogP contribution in [0.25, 0.3) is 0 Å². The van der Waals surface area contributed by atoms with E-state index in [9.17, 15) is 13.6 Å². The average molecular weight is 236 g/mol. The van der Waals surface area contributed by atoms with Crippen molar-refractivity contribution >= 4 is 5.69 Å². The highest BCUT2D eigenvalue weighted by atomic mass is 19.2. The van der Waals surface area contributed by atoms with Crippen LogP contribution in [0, 0.1) is 11.6 Å².